The first-order valence-electron chi connectivity index (χ1n) is 7.84. The van der Waals surface area contributed by atoms with E-state index in [1.165, 1.54) is 19.6 Å². The van der Waals surface area contributed by atoms with Crippen molar-refractivity contribution >= 4 is 11.8 Å². The van der Waals surface area contributed by atoms with Gasteiger partial charge in [-0.3, -0.25) is 0 Å². The van der Waals surface area contributed by atoms with Crippen LogP contribution in [0.2, 0.25) is 0 Å². The van der Waals surface area contributed by atoms with Crippen LogP contribution in [0.1, 0.15) is 27.3 Å². The number of esters is 1. The smallest absolute Gasteiger partial charge is 0.343 e. The minimum Gasteiger partial charge on any atom is -0.465 e. The van der Waals surface area contributed by atoms with Crippen molar-refractivity contribution in [1.82, 2.24) is 19.7 Å². The molecule has 0 spiro atoms. The third-order valence-corrected chi connectivity index (χ3v) is 3.99. The third-order valence-electron chi connectivity index (χ3n) is 3.99. The Kier molecular flexibility index (Phi) is 4.74. The van der Waals surface area contributed by atoms with Gasteiger partial charge in [0.2, 0.25) is 0 Å². The molecule has 0 unspecified atom stereocenters. The molecule has 0 atom stereocenters. The first-order chi connectivity index (χ1) is 12.1. The average Bonchev–Trinajstić information content (AvgIpc) is 2.94. The molecule has 0 bridgehead atoms. The lowest BCUT2D eigenvalue weighted by atomic mass is 10.2. The number of benzene rings is 1. The van der Waals surface area contributed by atoms with Gasteiger partial charge in [0.15, 0.2) is 0 Å². The van der Waals surface area contributed by atoms with E-state index >= 15 is 0 Å². The molecule has 0 aliphatic rings. The van der Waals surface area contributed by atoms with Gasteiger partial charge >= 0.3 is 5.97 Å². The molecule has 0 saturated carbocycles. The molecule has 25 heavy (non-hydrogen) atoms. The van der Waals surface area contributed by atoms with Crippen LogP contribution in [0.5, 0.6) is 0 Å². The van der Waals surface area contributed by atoms with Crippen molar-refractivity contribution < 1.29 is 9.53 Å². The molecule has 0 fully saturated rings. The van der Waals surface area contributed by atoms with Crippen LogP contribution in [0.15, 0.2) is 42.9 Å². The Hall–Kier alpha value is -3.22. The van der Waals surface area contributed by atoms with Crippen LogP contribution in [0, 0.1) is 13.8 Å². The van der Waals surface area contributed by atoms with Gasteiger partial charge in [0.25, 0.3) is 0 Å². The van der Waals surface area contributed by atoms with Crippen LogP contribution in [0.3, 0.4) is 0 Å². The van der Waals surface area contributed by atoms with Gasteiger partial charge in [-0.25, -0.2) is 19.4 Å². The zero-order valence-electron chi connectivity index (χ0n) is 14.4. The number of anilines is 1. The Morgan fingerprint density at radius 2 is 2.00 bits per heavy atom. The molecule has 1 N–H and O–H groups in total. The number of nitrogens with zero attached hydrogens (tertiary/aromatic N) is 4. The molecule has 3 rings (SSSR count). The lowest BCUT2D eigenvalue weighted by Gasteiger charge is -2.10. The second-order valence-corrected chi connectivity index (χ2v) is 5.53. The Balaban J connectivity index is 1.86. The van der Waals surface area contributed by atoms with Crippen molar-refractivity contribution in [3.63, 3.8) is 0 Å². The molecule has 7 nitrogen and oxygen atoms in total. The van der Waals surface area contributed by atoms with E-state index in [0.717, 1.165) is 22.6 Å². The lowest BCUT2D eigenvalue weighted by Crippen LogP contribution is -2.11. The minimum atomic E-state index is -0.475. The van der Waals surface area contributed by atoms with E-state index in [2.05, 4.69) is 20.4 Å². The number of aryl methyl sites for hydroxylation is 1. The van der Waals surface area contributed by atoms with Gasteiger partial charge in [0, 0.05) is 24.0 Å². The summed E-state index contributed by atoms with van der Waals surface area (Å²) in [5.74, 6) is -0.0374. The van der Waals surface area contributed by atoms with E-state index < -0.39 is 5.97 Å². The molecule has 3 aromatic rings. The number of carbonyl (C=O) groups excluding carboxylic acids is 1. The van der Waals surface area contributed by atoms with Crippen LogP contribution in [-0.4, -0.2) is 32.8 Å². The number of aromatic nitrogens is 4. The monoisotopic (exact) mass is 337 g/mol. The highest BCUT2D eigenvalue weighted by Crippen LogP contribution is 2.20. The Morgan fingerprint density at radius 1 is 1.24 bits per heavy atom. The maximum atomic E-state index is 11.8. The molecule has 0 radical (unpaired) electrons. The highest BCUT2D eigenvalue weighted by atomic mass is 16.5. The van der Waals surface area contributed by atoms with E-state index in [1.54, 1.807) is 0 Å². The van der Waals surface area contributed by atoms with E-state index in [9.17, 15) is 4.79 Å². The predicted octanol–water partition coefficient (Wildman–Crippen LogP) is 2.68. The molecule has 2 heterocycles. The van der Waals surface area contributed by atoms with Crippen LogP contribution >= 0.6 is 0 Å². The van der Waals surface area contributed by atoms with Gasteiger partial charge in [0.1, 0.15) is 17.7 Å². The zero-order chi connectivity index (χ0) is 17.8. The number of hydrogen-bond acceptors (Lipinski definition) is 6. The summed E-state index contributed by atoms with van der Waals surface area (Å²) in [7, 11) is 1.33. The number of carbonyl (C=O) groups is 1. The topological polar surface area (TPSA) is 81.9 Å². The average molecular weight is 337 g/mol. The van der Waals surface area contributed by atoms with Crippen molar-refractivity contribution in [3.8, 4) is 5.69 Å². The van der Waals surface area contributed by atoms with Crippen LogP contribution in [0.4, 0.5) is 5.82 Å². The number of methoxy groups -OCH3 is 1. The van der Waals surface area contributed by atoms with Crippen LogP contribution in [-0.2, 0) is 11.3 Å². The maximum absolute atomic E-state index is 11.8. The van der Waals surface area contributed by atoms with Gasteiger partial charge in [0.05, 0.1) is 18.5 Å². The number of rotatable bonds is 5. The summed E-state index contributed by atoms with van der Waals surface area (Å²) < 4.78 is 6.67. The standard InChI is InChI=1S/C18H19N5O2/c1-12-15(13(2)23(22-12)14-7-5-4-6-8-14)10-20-17-16(18(24)25-3)9-19-11-21-17/h4-9,11H,10H2,1-3H3,(H,19,20,21). The fourth-order valence-electron chi connectivity index (χ4n) is 2.65. The quantitative estimate of drug-likeness (QED) is 0.721. The fraction of sp³-hybridized carbons (Fsp3) is 0.222. The number of nitrogens with one attached hydrogen (secondary N) is 1. The van der Waals surface area contributed by atoms with Crippen molar-refractivity contribution in [3.05, 3.63) is 65.4 Å². The predicted molar refractivity (Wildman–Crippen MR) is 93.7 cm³/mol. The van der Waals surface area contributed by atoms with Gasteiger partial charge in [-0.2, -0.15) is 5.10 Å². The molecule has 2 aromatic heterocycles. The minimum absolute atomic E-state index is 0.302. The maximum Gasteiger partial charge on any atom is 0.343 e. The highest BCUT2D eigenvalue weighted by Gasteiger charge is 2.16. The van der Waals surface area contributed by atoms with E-state index in [1.807, 2.05) is 48.9 Å². The molecule has 128 valence electrons. The number of hydrogen-bond donors (Lipinski definition) is 1. The fourth-order valence-corrected chi connectivity index (χ4v) is 2.65. The molecule has 0 aliphatic carbocycles. The molecule has 0 saturated heterocycles. The third kappa shape index (κ3) is 3.35. The van der Waals surface area contributed by atoms with Crippen molar-refractivity contribution in [1.29, 1.82) is 0 Å². The summed E-state index contributed by atoms with van der Waals surface area (Å²) in [5, 5.41) is 7.80. The van der Waals surface area contributed by atoms with Gasteiger partial charge < -0.3 is 10.1 Å². The first kappa shape index (κ1) is 16.6. The largest absolute Gasteiger partial charge is 0.465 e. The Labute approximate surface area is 145 Å². The highest BCUT2D eigenvalue weighted by molar-refractivity contribution is 5.94. The zero-order valence-corrected chi connectivity index (χ0v) is 14.4. The van der Waals surface area contributed by atoms with Crippen molar-refractivity contribution in [2.24, 2.45) is 0 Å². The number of para-hydroxylation sites is 1. The van der Waals surface area contributed by atoms with E-state index in [4.69, 9.17) is 4.74 Å². The van der Waals surface area contributed by atoms with E-state index in [0.29, 0.717) is 17.9 Å². The summed E-state index contributed by atoms with van der Waals surface area (Å²) >= 11 is 0. The summed E-state index contributed by atoms with van der Waals surface area (Å²) in [6.45, 7) is 4.47. The van der Waals surface area contributed by atoms with Gasteiger partial charge in [-0.15, -0.1) is 0 Å². The molecule has 7 heteroatoms. The number of ether oxygens (including phenoxy) is 1. The van der Waals surface area contributed by atoms with E-state index in [-0.39, 0.29) is 0 Å². The lowest BCUT2D eigenvalue weighted by molar-refractivity contribution is 0.0601. The summed E-state index contributed by atoms with van der Waals surface area (Å²) in [6.07, 6.45) is 2.83. The van der Waals surface area contributed by atoms with Gasteiger partial charge in [-0.1, -0.05) is 18.2 Å². The Bertz CT molecular complexity index is 890. The molecule has 0 amide bonds. The second kappa shape index (κ2) is 7.12. The first-order valence-corrected chi connectivity index (χ1v) is 7.84. The summed E-state index contributed by atoms with van der Waals surface area (Å²) in [5.41, 5.74) is 4.31. The van der Waals surface area contributed by atoms with Gasteiger partial charge in [-0.05, 0) is 26.0 Å². The normalized spacial score (nSPS) is 10.5. The summed E-state index contributed by atoms with van der Waals surface area (Å²) in [4.78, 5) is 19.8. The second-order valence-electron chi connectivity index (χ2n) is 5.53. The molecular weight excluding hydrogens is 318 g/mol. The SMILES string of the molecule is COC(=O)c1cncnc1NCc1c(C)nn(-c2ccccc2)c1C. The molecular formula is C18H19N5O2. The van der Waals surface area contributed by atoms with Crippen molar-refractivity contribution in [2.45, 2.75) is 20.4 Å². The van der Waals surface area contributed by atoms with Crippen LogP contribution < -0.4 is 5.32 Å². The van der Waals surface area contributed by atoms with Crippen LogP contribution in [0.25, 0.3) is 5.69 Å². The molecule has 0 aliphatic heterocycles. The Morgan fingerprint density at radius 3 is 2.72 bits per heavy atom. The molecule has 1 aromatic carbocycles. The summed E-state index contributed by atoms with van der Waals surface area (Å²) in [6, 6.07) is 9.95. The van der Waals surface area contributed by atoms with Crippen molar-refractivity contribution in [2.75, 3.05) is 12.4 Å².